The molecule has 82 valence electrons. The Kier molecular flexibility index (Phi) is 3.42. The first-order chi connectivity index (χ1) is 6.97. The first-order valence-electron chi connectivity index (χ1n) is 4.25. The van der Waals surface area contributed by atoms with Gasteiger partial charge in [0.2, 0.25) is 0 Å². The molecule has 1 N–H and O–H groups in total. The monoisotopic (exact) mass is 229 g/mol. The van der Waals surface area contributed by atoms with Gasteiger partial charge in [-0.1, -0.05) is 11.6 Å². The largest absolute Gasteiger partial charge is 0.494 e. The molecule has 0 fully saturated rings. The minimum atomic E-state index is -1.06. The van der Waals surface area contributed by atoms with Crippen LogP contribution in [0.3, 0.4) is 0 Å². The van der Waals surface area contributed by atoms with Crippen LogP contribution in [0.15, 0.2) is 12.1 Å². The number of nitrogens with zero attached hydrogens (tertiary/aromatic N) is 1. The summed E-state index contributed by atoms with van der Waals surface area (Å²) in [5, 5.41) is 9.34. The van der Waals surface area contributed by atoms with Crippen LogP contribution in [0.25, 0.3) is 0 Å². The summed E-state index contributed by atoms with van der Waals surface area (Å²) in [6.07, 6.45) is 0. The molecule has 5 heteroatoms. The Balaban J connectivity index is 3.45. The SMILES string of the molecule is COc1c(C(=O)O)cc(Cl)cc1N(C)C. The number of aromatic carboxylic acids is 1. The quantitative estimate of drug-likeness (QED) is 0.863. The van der Waals surface area contributed by atoms with E-state index < -0.39 is 5.97 Å². The summed E-state index contributed by atoms with van der Waals surface area (Å²) in [5.74, 6) is -0.741. The highest BCUT2D eigenvalue weighted by Crippen LogP contribution is 2.34. The number of hydrogen-bond donors (Lipinski definition) is 1. The minimum Gasteiger partial charge on any atom is -0.494 e. The normalized spacial score (nSPS) is 9.87. The van der Waals surface area contributed by atoms with Gasteiger partial charge in [-0.05, 0) is 12.1 Å². The number of hydrogen-bond acceptors (Lipinski definition) is 3. The van der Waals surface area contributed by atoms with E-state index in [0.29, 0.717) is 16.5 Å². The molecule has 0 aromatic heterocycles. The maximum absolute atomic E-state index is 11.0. The average molecular weight is 230 g/mol. The van der Waals surface area contributed by atoms with Crippen molar-refractivity contribution in [1.29, 1.82) is 0 Å². The van der Waals surface area contributed by atoms with E-state index in [4.69, 9.17) is 21.4 Å². The van der Waals surface area contributed by atoms with Gasteiger partial charge in [0.15, 0.2) is 5.75 Å². The number of halogens is 1. The number of carboxylic acids is 1. The number of anilines is 1. The summed E-state index contributed by atoms with van der Waals surface area (Å²) in [7, 11) is 5.02. The first kappa shape index (κ1) is 11.7. The number of methoxy groups -OCH3 is 1. The maximum Gasteiger partial charge on any atom is 0.339 e. The molecule has 0 aliphatic carbocycles. The Morgan fingerprint density at radius 1 is 1.47 bits per heavy atom. The highest BCUT2D eigenvalue weighted by atomic mass is 35.5. The fourth-order valence-corrected chi connectivity index (χ4v) is 1.50. The third kappa shape index (κ3) is 2.33. The van der Waals surface area contributed by atoms with Crippen LogP contribution in [0.4, 0.5) is 5.69 Å². The summed E-state index contributed by atoms with van der Waals surface area (Å²) in [5.41, 5.74) is 0.705. The molecule has 0 aliphatic heterocycles. The van der Waals surface area contributed by atoms with Crippen molar-refractivity contribution in [2.75, 3.05) is 26.1 Å². The summed E-state index contributed by atoms with van der Waals surface area (Å²) in [4.78, 5) is 12.7. The van der Waals surface area contributed by atoms with Crippen LogP contribution in [0, 0.1) is 0 Å². The molecule has 0 saturated carbocycles. The lowest BCUT2D eigenvalue weighted by Crippen LogP contribution is -2.12. The van der Waals surface area contributed by atoms with Crippen molar-refractivity contribution in [2.45, 2.75) is 0 Å². The zero-order valence-electron chi connectivity index (χ0n) is 8.74. The number of benzene rings is 1. The first-order valence-corrected chi connectivity index (χ1v) is 4.63. The highest BCUT2D eigenvalue weighted by molar-refractivity contribution is 6.31. The highest BCUT2D eigenvalue weighted by Gasteiger charge is 2.17. The molecule has 15 heavy (non-hydrogen) atoms. The van der Waals surface area contributed by atoms with Gasteiger partial charge in [-0.2, -0.15) is 0 Å². The molecule has 0 unspecified atom stereocenters. The van der Waals surface area contributed by atoms with Gasteiger partial charge >= 0.3 is 5.97 Å². The third-order valence-electron chi connectivity index (χ3n) is 1.95. The number of rotatable bonds is 3. The number of carbonyl (C=O) groups is 1. The molecule has 4 nitrogen and oxygen atoms in total. The van der Waals surface area contributed by atoms with Crippen molar-refractivity contribution in [3.05, 3.63) is 22.7 Å². The van der Waals surface area contributed by atoms with Crippen molar-refractivity contribution >= 4 is 23.3 Å². The average Bonchev–Trinajstić information content (AvgIpc) is 2.16. The summed E-state index contributed by atoms with van der Waals surface area (Å²) in [6.45, 7) is 0. The molecule has 1 rings (SSSR count). The molecule has 0 heterocycles. The lowest BCUT2D eigenvalue weighted by atomic mass is 10.1. The van der Waals surface area contributed by atoms with Crippen molar-refractivity contribution in [3.63, 3.8) is 0 Å². The van der Waals surface area contributed by atoms with Gasteiger partial charge in [0.1, 0.15) is 5.56 Å². The summed E-state index contributed by atoms with van der Waals surface area (Å²) in [6, 6.07) is 3.03. The molecule has 0 aliphatic rings. The Bertz CT molecular complexity index is 390. The van der Waals surface area contributed by atoms with Crippen molar-refractivity contribution in [3.8, 4) is 5.75 Å². The van der Waals surface area contributed by atoms with Gasteiger partial charge in [0.05, 0.1) is 12.8 Å². The number of ether oxygens (including phenoxy) is 1. The standard InChI is InChI=1S/C10H12ClNO3/c1-12(2)8-5-6(11)4-7(10(13)14)9(8)15-3/h4-5H,1-3H3,(H,13,14). The smallest absolute Gasteiger partial charge is 0.339 e. The van der Waals surface area contributed by atoms with E-state index in [-0.39, 0.29) is 5.56 Å². The van der Waals surface area contributed by atoms with Gasteiger partial charge in [0, 0.05) is 19.1 Å². The molecule has 0 saturated heterocycles. The molecule has 1 aromatic rings. The van der Waals surface area contributed by atoms with E-state index in [1.54, 1.807) is 25.1 Å². The molecular weight excluding hydrogens is 218 g/mol. The van der Waals surface area contributed by atoms with Gasteiger partial charge in [-0.15, -0.1) is 0 Å². The van der Waals surface area contributed by atoms with Crippen LogP contribution in [0.5, 0.6) is 5.75 Å². The second-order valence-corrected chi connectivity index (χ2v) is 3.64. The predicted molar refractivity (Wildman–Crippen MR) is 59.3 cm³/mol. The maximum atomic E-state index is 11.0. The van der Waals surface area contributed by atoms with Crippen LogP contribution in [-0.4, -0.2) is 32.3 Å². The number of carboxylic acid groups (broad SMARTS) is 1. The van der Waals surface area contributed by atoms with Crippen molar-refractivity contribution in [1.82, 2.24) is 0 Å². The fourth-order valence-electron chi connectivity index (χ4n) is 1.28. The molecular formula is C10H12ClNO3. The molecule has 0 bridgehead atoms. The van der Waals surface area contributed by atoms with E-state index >= 15 is 0 Å². The Hall–Kier alpha value is -1.42. The summed E-state index contributed by atoms with van der Waals surface area (Å²) >= 11 is 5.82. The van der Waals surface area contributed by atoms with Crippen LogP contribution in [0.1, 0.15) is 10.4 Å². The van der Waals surface area contributed by atoms with Gasteiger partial charge in [-0.25, -0.2) is 4.79 Å². The van der Waals surface area contributed by atoms with Crippen LogP contribution in [-0.2, 0) is 0 Å². The third-order valence-corrected chi connectivity index (χ3v) is 2.17. The second-order valence-electron chi connectivity index (χ2n) is 3.21. The second kappa shape index (κ2) is 4.40. The van der Waals surface area contributed by atoms with Gasteiger partial charge in [0.25, 0.3) is 0 Å². The van der Waals surface area contributed by atoms with E-state index in [9.17, 15) is 4.79 Å². The zero-order chi connectivity index (χ0) is 11.6. The lowest BCUT2D eigenvalue weighted by molar-refractivity contribution is 0.0693. The Morgan fingerprint density at radius 2 is 2.07 bits per heavy atom. The topological polar surface area (TPSA) is 49.8 Å². The molecule has 1 aromatic carbocycles. The van der Waals surface area contributed by atoms with Crippen LogP contribution < -0.4 is 9.64 Å². The minimum absolute atomic E-state index is 0.0636. The molecule has 0 spiro atoms. The summed E-state index contributed by atoms with van der Waals surface area (Å²) < 4.78 is 5.07. The lowest BCUT2D eigenvalue weighted by Gasteiger charge is -2.18. The Labute approximate surface area is 93.0 Å². The van der Waals surface area contributed by atoms with Crippen LogP contribution in [0.2, 0.25) is 5.02 Å². The molecule has 0 radical (unpaired) electrons. The van der Waals surface area contributed by atoms with E-state index in [1.165, 1.54) is 13.2 Å². The van der Waals surface area contributed by atoms with E-state index in [0.717, 1.165) is 0 Å². The van der Waals surface area contributed by atoms with Crippen molar-refractivity contribution in [2.24, 2.45) is 0 Å². The molecule has 0 atom stereocenters. The van der Waals surface area contributed by atoms with Gasteiger partial charge < -0.3 is 14.7 Å². The Morgan fingerprint density at radius 3 is 2.47 bits per heavy atom. The van der Waals surface area contributed by atoms with E-state index in [2.05, 4.69) is 0 Å². The van der Waals surface area contributed by atoms with Gasteiger partial charge in [-0.3, -0.25) is 0 Å². The fraction of sp³-hybridized carbons (Fsp3) is 0.300. The van der Waals surface area contributed by atoms with Crippen molar-refractivity contribution < 1.29 is 14.6 Å². The van der Waals surface area contributed by atoms with E-state index in [1.807, 2.05) is 0 Å². The predicted octanol–water partition coefficient (Wildman–Crippen LogP) is 2.11. The van der Waals surface area contributed by atoms with Crippen LogP contribution >= 0.6 is 11.6 Å². The molecule has 0 amide bonds. The zero-order valence-corrected chi connectivity index (χ0v) is 9.50.